The van der Waals surface area contributed by atoms with Crippen LogP contribution in [0.25, 0.3) is 0 Å². The zero-order valence-corrected chi connectivity index (χ0v) is 18.8. The summed E-state index contributed by atoms with van der Waals surface area (Å²) in [6, 6.07) is 23.7. The van der Waals surface area contributed by atoms with E-state index in [1.807, 2.05) is 54.6 Å². The Morgan fingerprint density at radius 2 is 1.68 bits per heavy atom. The summed E-state index contributed by atoms with van der Waals surface area (Å²) in [5.74, 6) is -0.554. The van der Waals surface area contributed by atoms with Crippen LogP contribution in [-0.2, 0) is 33.9 Å². The lowest BCUT2D eigenvalue weighted by molar-refractivity contribution is -0.150. The molecule has 0 saturated heterocycles. The summed E-state index contributed by atoms with van der Waals surface area (Å²) >= 11 is 0. The Labute approximate surface area is 198 Å². The number of nitrogens with one attached hydrogen (secondary N) is 1. The minimum atomic E-state index is -0.632. The molecule has 0 unspecified atom stereocenters. The Balaban J connectivity index is 1.42. The third kappa shape index (κ3) is 6.53. The SMILES string of the molecule is O=C(NCCc1ccccc1)C1=C[C@@H](c2ccc(F)cc2)C[C@@H](OCc2ccc(CO)cc2)O1. The smallest absolute Gasteiger partial charge is 0.286 e. The number of halogens is 1. The maximum Gasteiger partial charge on any atom is 0.286 e. The number of hydrogen-bond donors (Lipinski definition) is 2. The summed E-state index contributed by atoms with van der Waals surface area (Å²) in [6.45, 7) is 0.767. The monoisotopic (exact) mass is 461 g/mol. The summed E-state index contributed by atoms with van der Waals surface area (Å²) in [5.41, 5.74) is 3.79. The van der Waals surface area contributed by atoms with Crippen LogP contribution in [-0.4, -0.2) is 23.8 Å². The maximum atomic E-state index is 13.4. The molecule has 1 aliphatic heterocycles. The number of carbonyl (C=O) groups excluding carboxylic acids is 1. The van der Waals surface area contributed by atoms with E-state index in [9.17, 15) is 14.3 Å². The van der Waals surface area contributed by atoms with Gasteiger partial charge in [-0.3, -0.25) is 4.79 Å². The van der Waals surface area contributed by atoms with Gasteiger partial charge < -0.3 is 19.9 Å². The number of aliphatic hydroxyl groups is 1. The molecule has 0 spiro atoms. The van der Waals surface area contributed by atoms with Crippen molar-refractivity contribution in [1.29, 1.82) is 0 Å². The van der Waals surface area contributed by atoms with Gasteiger partial charge in [0.1, 0.15) is 5.82 Å². The molecule has 2 N–H and O–H groups in total. The topological polar surface area (TPSA) is 67.8 Å². The van der Waals surface area contributed by atoms with Crippen LogP contribution in [0.4, 0.5) is 4.39 Å². The first-order valence-corrected chi connectivity index (χ1v) is 11.4. The van der Waals surface area contributed by atoms with Crippen LogP contribution in [0.5, 0.6) is 0 Å². The lowest BCUT2D eigenvalue weighted by atomic mass is 9.93. The fourth-order valence-corrected chi connectivity index (χ4v) is 3.84. The van der Waals surface area contributed by atoms with Crippen molar-refractivity contribution >= 4 is 5.91 Å². The van der Waals surface area contributed by atoms with Crippen molar-refractivity contribution in [1.82, 2.24) is 5.32 Å². The molecule has 2 atom stereocenters. The minimum Gasteiger partial charge on any atom is -0.459 e. The van der Waals surface area contributed by atoms with Crippen LogP contribution < -0.4 is 5.32 Å². The highest BCUT2D eigenvalue weighted by molar-refractivity contribution is 5.91. The largest absolute Gasteiger partial charge is 0.459 e. The van der Waals surface area contributed by atoms with Crippen LogP contribution in [0.3, 0.4) is 0 Å². The number of benzene rings is 3. The average Bonchev–Trinajstić information content (AvgIpc) is 2.88. The van der Waals surface area contributed by atoms with E-state index in [-0.39, 0.29) is 30.0 Å². The quantitative estimate of drug-likeness (QED) is 0.489. The maximum absolute atomic E-state index is 13.4. The predicted molar refractivity (Wildman–Crippen MR) is 127 cm³/mol. The molecule has 1 heterocycles. The molecule has 0 aliphatic carbocycles. The number of rotatable bonds is 9. The average molecular weight is 462 g/mol. The molecule has 3 aromatic carbocycles. The summed E-state index contributed by atoms with van der Waals surface area (Å²) in [4.78, 5) is 12.9. The molecule has 0 bridgehead atoms. The highest BCUT2D eigenvalue weighted by Gasteiger charge is 2.28. The van der Waals surface area contributed by atoms with Gasteiger partial charge in [0, 0.05) is 18.9 Å². The second kappa shape index (κ2) is 11.6. The number of ether oxygens (including phenoxy) is 2. The lowest BCUT2D eigenvalue weighted by Gasteiger charge is -2.29. The van der Waals surface area contributed by atoms with Crippen molar-refractivity contribution in [2.24, 2.45) is 0 Å². The van der Waals surface area contributed by atoms with Gasteiger partial charge in [0.05, 0.1) is 13.2 Å². The number of amides is 1. The second-order valence-electron chi connectivity index (χ2n) is 8.25. The third-order valence-corrected chi connectivity index (χ3v) is 5.76. The summed E-state index contributed by atoms with van der Waals surface area (Å²) in [5, 5.41) is 12.1. The lowest BCUT2D eigenvalue weighted by Crippen LogP contribution is -2.33. The van der Waals surface area contributed by atoms with Gasteiger partial charge >= 0.3 is 0 Å². The Hall–Kier alpha value is -3.48. The first kappa shape index (κ1) is 23.7. The molecular formula is C28H28FNO4. The highest BCUT2D eigenvalue weighted by atomic mass is 19.1. The number of aliphatic hydroxyl groups excluding tert-OH is 1. The van der Waals surface area contributed by atoms with Crippen LogP contribution in [0.2, 0.25) is 0 Å². The Bertz CT molecular complexity index is 1100. The fourth-order valence-electron chi connectivity index (χ4n) is 3.84. The minimum absolute atomic E-state index is 0.0141. The normalized spacial score (nSPS) is 17.5. The first-order chi connectivity index (χ1) is 16.6. The van der Waals surface area contributed by atoms with Crippen molar-refractivity contribution in [2.75, 3.05) is 6.54 Å². The number of carbonyl (C=O) groups is 1. The number of hydrogen-bond acceptors (Lipinski definition) is 4. The van der Waals surface area contributed by atoms with Gasteiger partial charge in [-0.05, 0) is 46.9 Å². The Kier molecular flexibility index (Phi) is 8.07. The molecule has 6 heteroatoms. The highest BCUT2D eigenvalue weighted by Crippen LogP contribution is 2.32. The van der Waals surface area contributed by atoms with Gasteiger partial charge in [-0.25, -0.2) is 4.39 Å². The molecule has 34 heavy (non-hydrogen) atoms. The van der Waals surface area contributed by atoms with Gasteiger partial charge in [0.15, 0.2) is 5.76 Å². The van der Waals surface area contributed by atoms with E-state index >= 15 is 0 Å². The van der Waals surface area contributed by atoms with E-state index in [1.54, 1.807) is 18.2 Å². The van der Waals surface area contributed by atoms with Gasteiger partial charge in [-0.2, -0.15) is 0 Å². The molecule has 1 aliphatic rings. The summed E-state index contributed by atoms with van der Waals surface area (Å²) < 4.78 is 25.3. The molecule has 1 amide bonds. The van der Waals surface area contributed by atoms with Gasteiger partial charge in [-0.1, -0.05) is 66.7 Å². The van der Waals surface area contributed by atoms with Crippen LogP contribution in [0, 0.1) is 5.82 Å². The molecule has 0 saturated carbocycles. The van der Waals surface area contributed by atoms with Crippen LogP contribution in [0.1, 0.15) is 34.6 Å². The van der Waals surface area contributed by atoms with E-state index in [2.05, 4.69) is 5.32 Å². The molecule has 0 radical (unpaired) electrons. The predicted octanol–water partition coefficient (Wildman–Crippen LogP) is 4.61. The summed E-state index contributed by atoms with van der Waals surface area (Å²) in [7, 11) is 0. The fraction of sp³-hybridized carbons (Fsp3) is 0.250. The zero-order valence-electron chi connectivity index (χ0n) is 18.8. The zero-order chi connectivity index (χ0) is 23.8. The van der Waals surface area contributed by atoms with E-state index in [0.29, 0.717) is 26.0 Å². The molecule has 0 fully saturated rings. The third-order valence-electron chi connectivity index (χ3n) is 5.76. The number of allylic oxidation sites excluding steroid dienone is 1. The van der Waals surface area contributed by atoms with Crippen molar-refractivity contribution in [3.05, 3.63) is 119 Å². The van der Waals surface area contributed by atoms with Crippen molar-refractivity contribution in [2.45, 2.75) is 38.3 Å². The molecule has 176 valence electrons. The molecule has 5 nitrogen and oxygen atoms in total. The molecule has 4 rings (SSSR count). The van der Waals surface area contributed by atoms with E-state index in [0.717, 1.165) is 22.3 Å². The first-order valence-electron chi connectivity index (χ1n) is 11.4. The molecule has 3 aromatic rings. The van der Waals surface area contributed by atoms with E-state index in [1.165, 1.54) is 12.1 Å². The Morgan fingerprint density at radius 3 is 2.38 bits per heavy atom. The van der Waals surface area contributed by atoms with Crippen molar-refractivity contribution in [3.8, 4) is 0 Å². The van der Waals surface area contributed by atoms with Crippen LogP contribution >= 0.6 is 0 Å². The standard InChI is InChI=1S/C28H28FNO4/c29-25-12-10-23(11-13-25)24-16-26(28(32)30-15-14-20-4-2-1-3-5-20)34-27(17-24)33-19-22-8-6-21(18-31)7-9-22/h1-13,16,24,27,31H,14-15,17-19H2,(H,30,32)/t24-,27+/m1/s1. The van der Waals surface area contributed by atoms with Crippen molar-refractivity contribution in [3.63, 3.8) is 0 Å². The van der Waals surface area contributed by atoms with Gasteiger partial charge in [0.2, 0.25) is 6.29 Å². The van der Waals surface area contributed by atoms with Gasteiger partial charge in [-0.15, -0.1) is 0 Å². The second-order valence-corrected chi connectivity index (χ2v) is 8.25. The van der Waals surface area contributed by atoms with Crippen molar-refractivity contribution < 1.29 is 23.8 Å². The summed E-state index contributed by atoms with van der Waals surface area (Å²) in [6.07, 6.45) is 2.36. The van der Waals surface area contributed by atoms with E-state index in [4.69, 9.17) is 9.47 Å². The Morgan fingerprint density at radius 1 is 0.971 bits per heavy atom. The van der Waals surface area contributed by atoms with E-state index < -0.39 is 6.29 Å². The van der Waals surface area contributed by atoms with Gasteiger partial charge in [0.25, 0.3) is 5.91 Å². The molecular weight excluding hydrogens is 433 g/mol. The molecule has 0 aromatic heterocycles. The van der Waals surface area contributed by atoms with Crippen LogP contribution in [0.15, 0.2) is 90.7 Å².